The number of amides is 1. The summed E-state index contributed by atoms with van der Waals surface area (Å²) in [5.74, 6) is -0.249. The molecule has 0 aliphatic heterocycles. The molecule has 10 heteroatoms. The van der Waals surface area contributed by atoms with Gasteiger partial charge in [-0.2, -0.15) is 10.5 Å². The van der Waals surface area contributed by atoms with E-state index in [-0.39, 0.29) is 22.9 Å². The first kappa shape index (κ1) is 21.2. The average Bonchev–Trinajstić information content (AvgIpc) is 3.16. The van der Waals surface area contributed by atoms with Crippen LogP contribution in [0.1, 0.15) is 29.5 Å². The largest absolute Gasteiger partial charge is 0.383 e. The smallest absolute Gasteiger partial charge is 0.239 e. The Kier molecular flexibility index (Phi) is 6.62. The number of pyridine rings is 1. The first-order valence-corrected chi connectivity index (χ1v) is 10.6. The topological polar surface area (TPSA) is 141 Å². The number of carbonyl (C=O) groups is 1. The molecule has 3 N–H and O–H groups in total. The highest BCUT2D eigenvalue weighted by Crippen LogP contribution is 2.37. The van der Waals surface area contributed by atoms with Crippen LogP contribution in [0.5, 0.6) is 0 Å². The van der Waals surface area contributed by atoms with E-state index in [1.165, 1.54) is 11.3 Å². The molecule has 2 aromatic heterocycles. The van der Waals surface area contributed by atoms with Gasteiger partial charge in [0.2, 0.25) is 11.0 Å². The van der Waals surface area contributed by atoms with Gasteiger partial charge in [-0.3, -0.25) is 10.1 Å². The molecule has 8 nitrogen and oxygen atoms in total. The summed E-state index contributed by atoms with van der Waals surface area (Å²) in [5, 5.41) is 30.9. The van der Waals surface area contributed by atoms with Crippen LogP contribution >= 0.6 is 23.1 Å². The zero-order valence-electron chi connectivity index (χ0n) is 16.2. The summed E-state index contributed by atoms with van der Waals surface area (Å²) in [4.78, 5) is 17.0. The van der Waals surface area contributed by atoms with E-state index >= 15 is 0 Å². The summed E-state index contributed by atoms with van der Waals surface area (Å²) in [6, 6.07) is 13.3. The molecule has 150 valence electrons. The summed E-state index contributed by atoms with van der Waals surface area (Å²) in [7, 11) is 0. The Bertz CT molecular complexity index is 1160. The number of hydrogen-bond acceptors (Lipinski definition) is 9. The van der Waals surface area contributed by atoms with Crippen molar-refractivity contribution in [3.63, 3.8) is 0 Å². The molecular weight excluding hydrogens is 418 g/mol. The van der Waals surface area contributed by atoms with Gasteiger partial charge in [0.1, 0.15) is 33.6 Å². The Morgan fingerprint density at radius 1 is 1.23 bits per heavy atom. The number of nitrogens with one attached hydrogen (secondary N) is 1. The van der Waals surface area contributed by atoms with E-state index in [1.807, 2.05) is 31.2 Å². The van der Waals surface area contributed by atoms with Gasteiger partial charge in [-0.25, -0.2) is 4.98 Å². The normalized spacial score (nSPS) is 11.3. The van der Waals surface area contributed by atoms with Crippen molar-refractivity contribution < 1.29 is 4.79 Å². The van der Waals surface area contributed by atoms with Crippen molar-refractivity contribution in [2.75, 3.05) is 11.1 Å². The maximum atomic E-state index is 12.7. The Morgan fingerprint density at radius 3 is 2.50 bits per heavy atom. The number of anilines is 2. The lowest BCUT2D eigenvalue weighted by Gasteiger charge is -2.17. The maximum Gasteiger partial charge on any atom is 0.239 e. The lowest BCUT2D eigenvalue weighted by Crippen LogP contribution is -2.25. The molecular formula is C20H17N7OS2. The van der Waals surface area contributed by atoms with Crippen molar-refractivity contribution in [2.24, 2.45) is 0 Å². The summed E-state index contributed by atoms with van der Waals surface area (Å²) < 4.78 is 0. The number of carbonyl (C=O) groups excluding carboxylic acids is 1. The monoisotopic (exact) mass is 435 g/mol. The fourth-order valence-electron chi connectivity index (χ4n) is 2.77. The molecule has 0 unspecified atom stereocenters. The van der Waals surface area contributed by atoms with E-state index < -0.39 is 5.25 Å². The number of nitriles is 2. The van der Waals surface area contributed by atoms with Crippen molar-refractivity contribution in [3.8, 4) is 23.3 Å². The minimum atomic E-state index is -0.537. The Hall–Kier alpha value is -3.47. The lowest BCUT2D eigenvalue weighted by atomic mass is 9.97. The molecule has 0 spiro atoms. The molecule has 1 amide bonds. The molecule has 3 rings (SSSR count). The SMILES string of the molecule is CC[C@@H](Sc1nc(N)c(C#N)c(-c2ccccc2)c1C#N)C(=O)Nc1nnc(C)s1. The molecule has 0 radical (unpaired) electrons. The van der Waals surface area contributed by atoms with E-state index in [0.29, 0.717) is 27.7 Å². The zero-order valence-corrected chi connectivity index (χ0v) is 17.8. The lowest BCUT2D eigenvalue weighted by molar-refractivity contribution is -0.115. The third-order valence-corrected chi connectivity index (χ3v) is 6.26. The number of rotatable bonds is 6. The predicted octanol–water partition coefficient (Wildman–Crippen LogP) is 3.74. The number of nitrogen functional groups attached to an aromatic ring is 1. The van der Waals surface area contributed by atoms with E-state index in [2.05, 4.69) is 26.6 Å². The Balaban J connectivity index is 2.01. The zero-order chi connectivity index (χ0) is 21.7. The van der Waals surface area contributed by atoms with Gasteiger partial charge in [0.25, 0.3) is 0 Å². The molecule has 1 aromatic carbocycles. The molecule has 3 aromatic rings. The van der Waals surface area contributed by atoms with Crippen molar-refractivity contribution >= 4 is 40.0 Å². The van der Waals surface area contributed by atoms with Gasteiger partial charge in [-0.1, -0.05) is 60.4 Å². The highest BCUT2D eigenvalue weighted by atomic mass is 32.2. The highest BCUT2D eigenvalue weighted by Gasteiger charge is 2.26. The van der Waals surface area contributed by atoms with Crippen LogP contribution in [0.25, 0.3) is 11.1 Å². The van der Waals surface area contributed by atoms with Crippen LogP contribution < -0.4 is 11.1 Å². The Labute approximate surface area is 181 Å². The second-order valence-electron chi connectivity index (χ2n) is 6.15. The van der Waals surface area contributed by atoms with Gasteiger partial charge in [0.05, 0.1) is 10.8 Å². The number of nitrogens with zero attached hydrogens (tertiary/aromatic N) is 5. The summed E-state index contributed by atoms with van der Waals surface area (Å²) in [5.41, 5.74) is 7.51. The van der Waals surface area contributed by atoms with Crippen LogP contribution in [-0.2, 0) is 4.79 Å². The van der Waals surface area contributed by atoms with Crippen LogP contribution in [0.4, 0.5) is 10.9 Å². The number of nitrogens with two attached hydrogens (primary N) is 1. The summed E-state index contributed by atoms with van der Waals surface area (Å²) in [6.07, 6.45) is 0.488. The van der Waals surface area contributed by atoms with Gasteiger partial charge in [-0.05, 0) is 18.9 Å². The van der Waals surface area contributed by atoms with Crippen molar-refractivity contribution in [3.05, 3.63) is 46.5 Å². The molecule has 0 aliphatic carbocycles. The van der Waals surface area contributed by atoms with Crippen LogP contribution in [0.15, 0.2) is 35.4 Å². The van der Waals surface area contributed by atoms with Crippen LogP contribution in [-0.4, -0.2) is 26.3 Å². The number of benzene rings is 1. The van der Waals surface area contributed by atoms with Crippen LogP contribution in [0.3, 0.4) is 0 Å². The number of hydrogen-bond donors (Lipinski definition) is 2. The van der Waals surface area contributed by atoms with Crippen molar-refractivity contribution in [2.45, 2.75) is 30.5 Å². The minimum absolute atomic E-state index is 0.0212. The molecule has 0 fully saturated rings. The number of aromatic nitrogens is 3. The second kappa shape index (κ2) is 9.35. The maximum absolute atomic E-state index is 12.7. The molecule has 1 atom stereocenters. The van der Waals surface area contributed by atoms with Gasteiger partial charge in [0.15, 0.2) is 0 Å². The van der Waals surface area contributed by atoms with Crippen molar-refractivity contribution in [1.29, 1.82) is 10.5 Å². The van der Waals surface area contributed by atoms with Gasteiger partial charge in [0, 0.05) is 5.56 Å². The fourth-order valence-corrected chi connectivity index (χ4v) is 4.38. The van der Waals surface area contributed by atoms with E-state index in [1.54, 1.807) is 19.1 Å². The van der Waals surface area contributed by atoms with E-state index in [4.69, 9.17) is 5.73 Å². The van der Waals surface area contributed by atoms with Gasteiger partial charge >= 0.3 is 0 Å². The fraction of sp³-hybridized carbons (Fsp3) is 0.200. The van der Waals surface area contributed by atoms with E-state index in [9.17, 15) is 15.3 Å². The Morgan fingerprint density at radius 2 is 1.93 bits per heavy atom. The first-order chi connectivity index (χ1) is 14.5. The first-order valence-electron chi connectivity index (χ1n) is 8.95. The molecule has 0 bridgehead atoms. The minimum Gasteiger partial charge on any atom is -0.383 e. The van der Waals surface area contributed by atoms with Crippen molar-refractivity contribution in [1.82, 2.24) is 15.2 Å². The molecule has 0 saturated heterocycles. The quantitative estimate of drug-likeness (QED) is 0.558. The van der Waals surface area contributed by atoms with Crippen LogP contribution in [0, 0.1) is 29.6 Å². The molecule has 30 heavy (non-hydrogen) atoms. The molecule has 0 saturated carbocycles. The molecule has 0 aliphatic rings. The van der Waals surface area contributed by atoms with E-state index in [0.717, 1.165) is 16.8 Å². The number of aryl methyl sites for hydroxylation is 1. The number of thioether (sulfide) groups is 1. The third kappa shape index (κ3) is 4.40. The second-order valence-corrected chi connectivity index (χ2v) is 8.52. The molecule has 2 heterocycles. The highest BCUT2D eigenvalue weighted by molar-refractivity contribution is 8.00. The van der Waals surface area contributed by atoms with Gasteiger partial charge in [-0.15, -0.1) is 10.2 Å². The summed E-state index contributed by atoms with van der Waals surface area (Å²) >= 11 is 2.42. The standard InChI is InChI=1S/C20H17N7OS2/c1-3-15(18(28)25-20-27-26-11(2)29-20)30-19-14(10-22)16(12-7-5-4-6-8-12)13(9-21)17(23)24-19/h4-8,15H,3H2,1-2H3,(H2,23,24)(H,25,27,28)/t15-/m1/s1. The summed E-state index contributed by atoms with van der Waals surface area (Å²) in [6.45, 7) is 3.66. The van der Waals surface area contributed by atoms with Gasteiger partial charge < -0.3 is 5.73 Å². The predicted molar refractivity (Wildman–Crippen MR) is 117 cm³/mol. The van der Waals surface area contributed by atoms with Crippen LogP contribution in [0.2, 0.25) is 0 Å². The third-order valence-electron chi connectivity index (χ3n) is 4.15. The average molecular weight is 436 g/mol.